The molecule has 2 saturated heterocycles. The highest BCUT2D eigenvalue weighted by molar-refractivity contribution is 5.90. The molecule has 27 heavy (non-hydrogen) atoms. The Morgan fingerprint density at radius 2 is 2.04 bits per heavy atom. The molecule has 2 bridgehead atoms. The van der Waals surface area contributed by atoms with Crippen molar-refractivity contribution in [1.82, 2.24) is 25.0 Å². The molecule has 1 amide bonds. The van der Waals surface area contributed by atoms with Gasteiger partial charge in [-0.25, -0.2) is 14.1 Å². The van der Waals surface area contributed by atoms with E-state index in [1.807, 2.05) is 18.7 Å². The maximum atomic E-state index is 13.6. The Kier molecular flexibility index (Phi) is 5.81. The molecule has 0 spiro atoms. The Morgan fingerprint density at radius 3 is 2.78 bits per heavy atom. The van der Waals surface area contributed by atoms with Crippen LogP contribution in [0.2, 0.25) is 0 Å². The molecule has 1 N–H and O–H groups in total. The van der Waals surface area contributed by atoms with Gasteiger partial charge in [0.2, 0.25) is 5.82 Å². The second-order valence-electron chi connectivity index (χ2n) is 7.52. The Hall–Kier alpha value is -1.99. The lowest BCUT2D eigenvalue weighted by molar-refractivity contribution is 0.0736. The Morgan fingerprint density at radius 1 is 1.26 bits per heavy atom. The Labute approximate surface area is 164 Å². The number of hydrogen-bond acceptors (Lipinski definition) is 4. The van der Waals surface area contributed by atoms with Gasteiger partial charge in [0.25, 0.3) is 5.91 Å². The van der Waals surface area contributed by atoms with Crippen molar-refractivity contribution in [3.8, 4) is 5.69 Å². The Balaban J connectivity index is 0.00000210. The van der Waals surface area contributed by atoms with E-state index in [1.165, 1.54) is 18.6 Å². The molecule has 2 aliphatic rings. The van der Waals surface area contributed by atoms with Crippen molar-refractivity contribution < 1.29 is 9.18 Å². The average molecular weight is 394 g/mol. The van der Waals surface area contributed by atoms with Crippen molar-refractivity contribution in [3.63, 3.8) is 0 Å². The van der Waals surface area contributed by atoms with E-state index in [4.69, 9.17) is 0 Å². The van der Waals surface area contributed by atoms with Gasteiger partial charge in [-0.3, -0.25) is 4.79 Å². The molecule has 2 unspecified atom stereocenters. The first-order valence-corrected chi connectivity index (χ1v) is 9.29. The van der Waals surface area contributed by atoms with Gasteiger partial charge in [-0.05, 0) is 37.5 Å². The maximum Gasteiger partial charge on any atom is 0.293 e. The summed E-state index contributed by atoms with van der Waals surface area (Å²) >= 11 is 0. The molecule has 8 heteroatoms. The number of hydrogen-bond donors (Lipinski definition) is 1. The molecule has 0 radical (unpaired) electrons. The first-order chi connectivity index (χ1) is 12.5. The summed E-state index contributed by atoms with van der Waals surface area (Å²) in [5.74, 6) is 0.435. The van der Waals surface area contributed by atoms with Crippen LogP contribution in [0.15, 0.2) is 24.3 Å². The molecule has 2 fully saturated rings. The molecule has 6 nitrogen and oxygen atoms in total. The number of halogens is 2. The van der Waals surface area contributed by atoms with Gasteiger partial charge >= 0.3 is 0 Å². The fraction of sp³-hybridized carbons (Fsp3) is 0.526. The highest BCUT2D eigenvalue weighted by atomic mass is 35.5. The zero-order valence-corrected chi connectivity index (χ0v) is 16.4. The van der Waals surface area contributed by atoms with Gasteiger partial charge < -0.3 is 10.2 Å². The lowest BCUT2D eigenvalue weighted by atomic mass is 10.1. The van der Waals surface area contributed by atoms with Gasteiger partial charge in [0.05, 0.1) is 5.69 Å². The van der Waals surface area contributed by atoms with Crippen LogP contribution in [0.25, 0.3) is 5.69 Å². The first-order valence-electron chi connectivity index (χ1n) is 9.29. The fourth-order valence-electron chi connectivity index (χ4n) is 3.86. The number of likely N-dealkylation sites (tertiary alicyclic amines) is 1. The van der Waals surface area contributed by atoms with Gasteiger partial charge in [0.1, 0.15) is 11.6 Å². The van der Waals surface area contributed by atoms with Crippen LogP contribution >= 0.6 is 12.4 Å². The zero-order chi connectivity index (χ0) is 18.3. The summed E-state index contributed by atoms with van der Waals surface area (Å²) in [6.07, 6.45) is 3.26. The van der Waals surface area contributed by atoms with Gasteiger partial charge in [-0.15, -0.1) is 17.5 Å². The summed E-state index contributed by atoms with van der Waals surface area (Å²) in [6.45, 7) is 5.39. The van der Waals surface area contributed by atoms with Crippen molar-refractivity contribution in [1.29, 1.82) is 0 Å². The third kappa shape index (κ3) is 3.99. The van der Waals surface area contributed by atoms with Crippen molar-refractivity contribution in [2.75, 3.05) is 13.1 Å². The largest absolute Gasteiger partial charge is 0.334 e. The number of amides is 1. The molecule has 0 aliphatic carbocycles. The van der Waals surface area contributed by atoms with Gasteiger partial charge in [0.15, 0.2) is 0 Å². The van der Waals surface area contributed by atoms with E-state index in [-0.39, 0.29) is 35.9 Å². The minimum atomic E-state index is -0.338. The summed E-state index contributed by atoms with van der Waals surface area (Å²) in [5.41, 5.74) is 0.580. The zero-order valence-electron chi connectivity index (χ0n) is 15.6. The molecule has 3 heterocycles. The Bertz CT molecular complexity index is 824. The second-order valence-corrected chi connectivity index (χ2v) is 7.52. The number of aromatic nitrogens is 3. The van der Waals surface area contributed by atoms with E-state index in [0.717, 1.165) is 19.4 Å². The van der Waals surface area contributed by atoms with Gasteiger partial charge in [-0.2, -0.15) is 0 Å². The van der Waals surface area contributed by atoms with E-state index < -0.39 is 0 Å². The highest BCUT2D eigenvalue weighted by Gasteiger charge is 2.33. The molecule has 146 valence electrons. The summed E-state index contributed by atoms with van der Waals surface area (Å²) in [7, 11) is 0. The summed E-state index contributed by atoms with van der Waals surface area (Å²) in [4.78, 5) is 19.4. The van der Waals surface area contributed by atoms with Crippen LogP contribution in [-0.4, -0.2) is 50.7 Å². The number of fused-ring (bicyclic) bond motifs is 2. The summed E-state index contributed by atoms with van der Waals surface area (Å²) in [6, 6.07) is 7.08. The third-order valence-corrected chi connectivity index (χ3v) is 5.20. The highest BCUT2D eigenvalue weighted by Crippen LogP contribution is 2.23. The monoisotopic (exact) mass is 393 g/mol. The second kappa shape index (κ2) is 7.94. The normalized spacial score (nSPS) is 21.9. The van der Waals surface area contributed by atoms with Crippen LogP contribution in [0.1, 0.15) is 55.5 Å². The first kappa shape index (κ1) is 19.8. The van der Waals surface area contributed by atoms with Crippen molar-refractivity contribution in [2.24, 2.45) is 0 Å². The van der Waals surface area contributed by atoms with Crippen LogP contribution in [0, 0.1) is 5.82 Å². The maximum absolute atomic E-state index is 13.6. The van der Waals surface area contributed by atoms with Crippen molar-refractivity contribution >= 4 is 18.3 Å². The van der Waals surface area contributed by atoms with Crippen LogP contribution < -0.4 is 5.32 Å². The predicted molar refractivity (Wildman–Crippen MR) is 103 cm³/mol. The molecular formula is C19H25ClFN5O. The van der Waals surface area contributed by atoms with Crippen molar-refractivity contribution in [3.05, 3.63) is 41.7 Å². The lowest BCUT2D eigenvalue weighted by Gasteiger charge is -2.22. The number of rotatable bonds is 3. The van der Waals surface area contributed by atoms with Crippen molar-refractivity contribution in [2.45, 2.75) is 51.1 Å². The standard InChI is InChI=1S/C19H24FN5O.ClH/c1-12(2)18-22-17(23-25(18)16-5-3-4-13(20)10-16)19(26)24-9-8-14-6-7-15(11-24)21-14;/h3-5,10,12,14-15,21H,6-9,11H2,1-2H3;1H. The molecular weight excluding hydrogens is 369 g/mol. The smallest absolute Gasteiger partial charge is 0.293 e. The van der Waals surface area contributed by atoms with Crippen LogP contribution in [0.3, 0.4) is 0 Å². The number of carbonyl (C=O) groups excluding carboxylic acids is 1. The molecule has 1 aromatic heterocycles. The minimum absolute atomic E-state index is 0. The molecule has 4 rings (SSSR count). The fourth-order valence-corrected chi connectivity index (χ4v) is 3.86. The molecule has 2 aliphatic heterocycles. The average Bonchev–Trinajstić information content (AvgIpc) is 3.18. The van der Waals surface area contributed by atoms with Crippen LogP contribution in [0.5, 0.6) is 0 Å². The van der Waals surface area contributed by atoms with E-state index in [2.05, 4.69) is 15.4 Å². The molecule has 0 saturated carbocycles. The SMILES string of the molecule is CC(C)c1nc(C(=O)N2CCC3CCC(C2)N3)nn1-c1cccc(F)c1.Cl. The quantitative estimate of drug-likeness (QED) is 0.870. The predicted octanol–water partition coefficient (Wildman–Crippen LogP) is 2.92. The number of nitrogens with one attached hydrogen (secondary N) is 1. The minimum Gasteiger partial charge on any atom is -0.334 e. The van der Waals surface area contributed by atoms with E-state index in [0.29, 0.717) is 30.1 Å². The lowest BCUT2D eigenvalue weighted by Crippen LogP contribution is -2.39. The van der Waals surface area contributed by atoms with E-state index in [9.17, 15) is 9.18 Å². The third-order valence-electron chi connectivity index (χ3n) is 5.20. The molecule has 2 aromatic rings. The van der Waals surface area contributed by atoms with Gasteiger partial charge in [-0.1, -0.05) is 19.9 Å². The number of nitrogens with zero attached hydrogens (tertiary/aromatic N) is 4. The van der Waals surface area contributed by atoms with Crippen LogP contribution in [-0.2, 0) is 0 Å². The topological polar surface area (TPSA) is 63.1 Å². The van der Waals surface area contributed by atoms with Crippen LogP contribution in [0.4, 0.5) is 4.39 Å². The van der Waals surface area contributed by atoms with Gasteiger partial charge in [0, 0.05) is 31.1 Å². The number of carbonyl (C=O) groups is 1. The summed E-state index contributed by atoms with van der Waals surface area (Å²) < 4.78 is 15.2. The summed E-state index contributed by atoms with van der Waals surface area (Å²) in [5, 5.41) is 8.01. The molecule has 2 atom stereocenters. The number of benzene rings is 1. The van der Waals surface area contributed by atoms with E-state index in [1.54, 1.807) is 16.8 Å². The van der Waals surface area contributed by atoms with E-state index >= 15 is 0 Å². The molecule has 1 aromatic carbocycles.